The Morgan fingerprint density at radius 1 is 1.11 bits per heavy atom. The van der Waals surface area contributed by atoms with Crippen molar-refractivity contribution in [2.24, 2.45) is 0 Å². The molecule has 2 aliphatic rings. The Kier molecular flexibility index (Phi) is 4.65. The minimum Gasteiger partial charge on any atom is -0.371 e. The summed E-state index contributed by atoms with van der Waals surface area (Å²) >= 11 is 6.14. The second-order valence-corrected chi connectivity index (χ2v) is 7.03. The van der Waals surface area contributed by atoms with Crippen molar-refractivity contribution in [3.63, 3.8) is 0 Å². The number of nitrogens with zero attached hydrogens (tertiary/aromatic N) is 2. The molecule has 0 radical (unpaired) electrons. The highest BCUT2D eigenvalue weighted by Gasteiger charge is 2.37. The number of rotatable bonds is 3. The van der Waals surface area contributed by atoms with Gasteiger partial charge in [0, 0.05) is 18.8 Å². The number of fused-ring (bicyclic) bond motifs is 1. The van der Waals surface area contributed by atoms with E-state index in [1.54, 1.807) is 24.3 Å². The SMILES string of the molecule is CCN1CCc2cc(/C=C3\C(=O)NC(=O)N(c4ccccc4Cl)C3=O)ccc21. The molecule has 1 saturated heterocycles. The first-order valence-corrected chi connectivity index (χ1v) is 9.41. The van der Waals surface area contributed by atoms with Crippen LogP contribution in [0.2, 0.25) is 5.02 Å². The highest BCUT2D eigenvalue weighted by molar-refractivity contribution is 6.42. The maximum Gasteiger partial charge on any atom is 0.335 e. The summed E-state index contributed by atoms with van der Waals surface area (Å²) in [5.41, 5.74) is 3.22. The van der Waals surface area contributed by atoms with Gasteiger partial charge in [0.2, 0.25) is 0 Å². The standard InChI is InChI=1S/C21H18ClN3O3/c1-2-24-10-9-14-11-13(7-8-17(14)24)12-15-19(26)23-21(28)25(20(15)27)18-6-4-3-5-16(18)22/h3-8,11-12H,2,9-10H2,1H3,(H,23,26,28)/b15-12+. The fourth-order valence-electron chi connectivity index (χ4n) is 3.58. The van der Waals surface area contributed by atoms with E-state index < -0.39 is 17.8 Å². The number of hydrogen-bond donors (Lipinski definition) is 1. The number of para-hydroxylation sites is 1. The zero-order valence-corrected chi connectivity index (χ0v) is 16.0. The molecule has 2 aliphatic heterocycles. The molecule has 0 aliphatic carbocycles. The number of likely N-dealkylation sites (N-methyl/N-ethyl adjacent to an activating group) is 1. The average molecular weight is 396 g/mol. The van der Waals surface area contributed by atoms with Crippen molar-refractivity contribution in [3.05, 3.63) is 64.2 Å². The van der Waals surface area contributed by atoms with Crippen LogP contribution >= 0.6 is 11.6 Å². The average Bonchev–Trinajstić information content (AvgIpc) is 3.09. The van der Waals surface area contributed by atoms with E-state index in [1.807, 2.05) is 18.2 Å². The van der Waals surface area contributed by atoms with Gasteiger partial charge in [-0.15, -0.1) is 0 Å². The summed E-state index contributed by atoms with van der Waals surface area (Å²) in [5, 5.41) is 2.46. The van der Waals surface area contributed by atoms with E-state index in [2.05, 4.69) is 17.1 Å². The van der Waals surface area contributed by atoms with Gasteiger partial charge in [0.25, 0.3) is 11.8 Å². The molecule has 1 N–H and O–H groups in total. The molecule has 142 valence electrons. The van der Waals surface area contributed by atoms with Gasteiger partial charge in [0.1, 0.15) is 5.57 Å². The molecule has 7 heteroatoms. The maximum atomic E-state index is 12.9. The lowest BCUT2D eigenvalue weighted by Gasteiger charge is -2.27. The molecule has 0 aromatic heterocycles. The molecule has 2 aromatic rings. The number of halogens is 1. The van der Waals surface area contributed by atoms with Gasteiger partial charge in [0.15, 0.2) is 0 Å². The van der Waals surface area contributed by atoms with E-state index in [-0.39, 0.29) is 16.3 Å². The van der Waals surface area contributed by atoms with E-state index in [0.717, 1.165) is 30.0 Å². The Morgan fingerprint density at radius 2 is 1.89 bits per heavy atom. The summed E-state index contributed by atoms with van der Waals surface area (Å²) in [6, 6.07) is 11.5. The number of carbonyl (C=O) groups is 3. The highest BCUT2D eigenvalue weighted by atomic mass is 35.5. The van der Waals surface area contributed by atoms with Crippen molar-refractivity contribution in [1.29, 1.82) is 0 Å². The van der Waals surface area contributed by atoms with Crippen LogP contribution in [-0.4, -0.2) is 30.9 Å². The van der Waals surface area contributed by atoms with Crippen LogP contribution in [0.25, 0.3) is 6.08 Å². The van der Waals surface area contributed by atoms with Crippen molar-refractivity contribution in [1.82, 2.24) is 5.32 Å². The summed E-state index contributed by atoms with van der Waals surface area (Å²) in [5.74, 6) is -1.41. The number of amides is 4. The Morgan fingerprint density at radius 3 is 2.64 bits per heavy atom. The third kappa shape index (κ3) is 3.05. The summed E-state index contributed by atoms with van der Waals surface area (Å²) < 4.78 is 0. The van der Waals surface area contributed by atoms with Crippen molar-refractivity contribution < 1.29 is 14.4 Å². The topological polar surface area (TPSA) is 69.7 Å². The van der Waals surface area contributed by atoms with Crippen LogP contribution < -0.4 is 15.1 Å². The van der Waals surface area contributed by atoms with Gasteiger partial charge in [-0.1, -0.05) is 29.8 Å². The van der Waals surface area contributed by atoms with Crippen molar-refractivity contribution in [2.45, 2.75) is 13.3 Å². The van der Waals surface area contributed by atoms with E-state index in [1.165, 1.54) is 17.3 Å². The monoisotopic (exact) mass is 395 g/mol. The second-order valence-electron chi connectivity index (χ2n) is 6.63. The number of carbonyl (C=O) groups excluding carboxylic acids is 3. The van der Waals surface area contributed by atoms with Crippen LogP contribution in [0.4, 0.5) is 16.2 Å². The minimum atomic E-state index is -0.812. The Balaban J connectivity index is 1.71. The lowest BCUT2D eigenvalue weighted by atomic mass is 10.0. The molecule has 0 saturated carbocycles. The van der Waals surface area contributed by atoms with Crippen LogP contribution in [0.15, 0.2) is 48.0 Å². The first-order valence-electron chi connectivity index (χ1n) is 9.03. The van der Waals surface area contributed by atoms with Crippen LogP contribution in [0.5, 0.6) is 0 Å². The van der Waals surface area contributed by atoms with Crippen molar-refractivity contribution in [2.75, 3.05) is 22.9 Å². The summed E-state index contributed by atoms with van der Waals surface area (Å²) in [7, 11) is 0. The molecule has 1 fully saturated rings. The molecule has 0 atom stereocenters. The van der Waals surface area contributed by atoms with E-state index in [4.69, 9.17) is 11.6 Å². The van der Waals surface area contributed by atoms with Crippen LogP contribution in [-0.2, 0) is 16.0 Å². The van der Waals surface area contributed by atoms with E-state index in [9.17, 15) is 14.4 Å². The number of anilines is 2. The number of barbiturate groups is 1. The van der Waals surface area contributed by atoms with Gasteiger partial charge in [-0.05, 0) is 54.8 Å². The van der Waals surface area contributed by atoms with Gasteiger partial charge < -0.3 is 4.90 Å². The number of nitrogens with one attached hydrogen (secondary N) is 1. The van der Waals surface area contributed by atoms with Crippen LogP contribution in [0.3, 0.4) is 0 Å². The molecule has 6 nitrogen and oxygen atoms in total. The quantitative estimate of drug-likeness (QED) is 0.639. The molecule has 28 heavy (non-hydrogen) atoms. The summed E-state index contributed by atoms with van der Waals surface area (Å²) in [6.07, 6.45) is 2.44. The predicted octanol–water partition coefficient (Wildman–Crippen LogP) is 3.39. The van der Waals surface area contributed by atoms with E-state index >= 15 is 0 Å². The lowest BCUT2D eigenvalue weighted by molar-refractivity contribution is -0.122. The van der Waals surface area contributed by atoms with Crippen molar-refractivity contribution >= 4 is 46.9 Å². The molecule has 0 spiro atoms. The highest BCUT2D eigenvalue weighted by Crippen LogP contribution is 2.31. The number of imide groups is 2. The zero-order chi connectivity index (χ0) is 19.8. The first kappa shape index (κ1) is 18.3. The molecule has 4 amide bonds. The van der Waals surface area contributed by atoms with Gasteiger partial charge in [0.05, 0.1) is 10.7 Å². The van der Waals surface area contributed by atoms with Gasteiger partial charge in [-0.2, -0.15) is 0 Å². The lowest BCUT2D eigenvalue weighted by Crippen LogP contribution is -2.54. The van der Waals surface area contributed by atoms with Crippen LogP contribution in [0.1, 0.15) is 18.1 Å². The third-order valence-corrected chi connectivity index (χ3v) is 5.30. The first-order chi connectivity index (χ1) is 13.5. The van der Waals surface area contributed by atoms with Gasteiger partial charge >= 0.3 is 6.03 Å². The molecular weight excluding hydrogens is 378 g/mol. The molecule has 0 unspecified atom stereocenters. The number of hydrogen-bond acceptors (Lipinski definition) is 4. The predicted molar refractivity (Wildman–Crippen MR) is 108 cm³/mol. The maximum absolute atomic E-state index is 12.9. The fourth-order valence-corrected chi connectivity index (χ4v) is 3.80. The Labute approximate surface area is 167 Å². The second kappa shape index (κ2) is 7.13. The molecule has 4 rings (SSSR count). The third-order valence-electron chi connectivity index (χ3n) is 4.98. The Bertz CT molecular complexity index is 1030. The summed E-state index contributed by atoms with van der Waals surface area (Å²) in [6.45, 7) is 4.00. The van der Waals surface area contributed by atoms with Crippen molar-refractivity contribution in [3.8, 4) is 0 Å². The molecular formula is C21H18ClN3O3. The fraction of sp³-hybridized carbons (Fsp3) is 0.190. The molecule has 2 aromatic carbocycles. The largest absolute Gasteiger partial charge is 0.371 e. The minimum absolute atomic E-state index is 0.107. The van der Waals surface area contributed by atoms with E-state index in [0.29, 0.717) is 0 Å². The van der Waals surface area contributed by atoms with Crippen LogP contribution in [0, 0.1) is 0 Å². The molecule has 2 heterocycles. The number of urea groups is 1. The van der Waals surface area contributed by atoms with Gasteiger partial charge in [-0.3, -0.25) is 14.9 Å². The Hall–Kier alpha value is -3.12. The summed E-state index contributed by atoms with van der Waals surface area (Å²) in [4.78, 5) is 40.7. The zero-order valence-electron chi connectivity index (χ0n) is 15.2. The smallest absolute Gasteiger partial charge is 0.335 e. The molecule has 0 bridgehead atoms. The normalized spacial score (nSPS) is 17.9. The van der Waals surface area contributed by atoms with Gasteiger partial charge in [-0.25, -0.2) is 9.69 Å². The number of benzene rings is 2.